The fourth-order valence-corrected chi connectivity index (χ4v) is 4.68. The van der Waals surface area contributed by atoms with Crippen LogP contribution in [0.3, 0.4) is 0 Å². The van der Waals surface area contributed by atoms with E-state index in [-0.39, 0.29) is 12.5 Å². The Kier molecular flexibility index (Phi) is 7.94. The molecule has 3 rings (SSSR count). The first kappa shape index (κ1) is 25.2. The molecule has 0 saturated carbocycles. The minimum atomic E-state index is -3.79. The number of likely N-dealkylation sites (N-methyl/N-ethyl adjacent to an activating group) is 1. The van der Waals surface area contributed by atoms with Crippen molar-refractivity contribution in [1.82, 2.24) is 10.2 Å². The number of carbonyl (C=O) groups excluding carboxylic acids is 2. The molecule has 3 aromatic carbocycles. The van der Waals surface area contributed by atoms with Crippen molar-refractivity contribution in [2.45, 2.75) is 33.4 Å². The predicted molar refractivity (Wildman–Crippen MR) is 136 cm³/mol. The van der Waals surface area contributed by atoms with Crippen LogP contribution in [0.5, 0.6) is 0 Å². The lowest BCUT2D eigenvalue weighted by molar-refractivity contribution is -0.139. The fourth-order valence-electron chi connectivity index (χ4n) is 3.82. The second kappa shape index (κ2) is 10.7. The molecular formula is C26H31N3O4S. The van der Waals surface area contributed by atoms with Crippen molar-refractivity contribution in [3.63, 3.8) is 0 Å². The molecule has 8 heteroatoms. The number of carbonyl (C=O) groups is 2. The van der Waals surface area contributed by atoms with Crippen LogP contribution in [0.15, 0.2) is 66.7 Å². The summed E-state index contributed by atoms with van der Waals surface area (Å²) < 4.78 is 26.7. The number of fused-ring (bicyclic) bond motifs is 1. The normalized spacial score (nSPS) is 12.2. The minimum absolute atomic E-state index is 0.185. The molecule has 0 bridgehead atoms. The average Bonchev–Trinajstić information content (AvgIpc) is 2.80. The van der Waals surface area contributed by atoms with E-state index >= 15 is 0 Å². The number of nitrogens with one attached hydrogen (secondary N) is 1. The molecule has 2 amide bonds. The van der Waals surface area contributed by atoms with Crippen LogP contribution in [-0.2, 0) is 26.2 Å². The van der Waals surface area contributed by atoms with Gasteiger partial charge in [-0.15, -0.1) is 0 Å². The van der Waals surface area contributed by atoms with Crippen LogP contribution >= 0.6 is 0 Å². The van der Waals surface area contributed by atoms with Crippen LogP contribution in [0.1, 0.15) is 25.0 Å². The highest BCUT2D eigenvalue weighted by Crippen LogP contribution is 2.28. The predicted octanol–water partition coefficient (Wildman–Crippen LogP) is 3.47. The van der Waals surface area contributed by atoms with E-state index in [0.29, 0.717) is 12.2 Å². The molecule has 0 heterocycles. The third kappa shape index (κ3) is 5.94. The van der Waals surface area contributed by atoms with E-state index in [2.05, 4.69) is 5.32 Å². The molecule has 1 N–H and O–H groups in total. The molecule has 0 radical (unpaired) electrons. The second-order valence-electron chi connectivity index (χ2n) is 8.35. The lowest BCUT2D eigenvalue weighted by atomic mass is 10.1. The highest BCUT2D eigenvalue weighted by molar-refractivity contribution is 7.92. The number of amides is 2. The lowest BCUT2D eigenvalue weighted by Crippen LogP contribution is -2.51. The van der Waals surface area contributed by atoms with E-state index in [1.165, 1.54) is 4.90 Å². The summed E-state index contributed by atoms with van der Waals surface area (Å²) in [4.78, 5) is 27.6. The van der Waals surface area contributed by atoms with Gasteiger partial charge in [0.1, 0.15) is 12.6 Å². The van der Waals surface area contributed by atoms with Gasteiger partial charge in [0.05, 0.1) is 11.9 Å². The standard InChI is InChI=1S/C26H31N3O4S/c1-5-27-26(31)20(3)28(17-21-15-13-19(2)14-16-21)25(30)18-29(34(4,32)33)24-12-8-10-22-9-6-7-11-23(22)24/h6-16,20H,5,17-18H2,1-4H3,(H,27,31)/t20-/m1/s1. The Morgan fingerprint density at radius 1 is 0.971 bits per heavy atom. The van der Waals surface area contributed by atoms with Gasteiger partial charge < -0.3 is 10.2 Å². The number of nitrogens with zero attached hydrogens (tertiary/aromatic N) is 2. The number of hydrogen-bond donors (Lipinski definition) is 1. The van der Waals surface area contributed by atoms with Crippen LogP contribution in [0.25, 0.3) is 10.8 Å². The van der Waals surface area contributed by atoms with E-state index in [9.17, 15) is 18.0 Å². The number of rotatable bonds is 9. The topological polar surface area (TPSA) is 86.8 Å². The molecule has 1 atom stereocenters. The van der Waals surface area contributed by atoms with Crippen molar-refractivity contribution in [3.8, 4) is 0 Å². The summed E-state index contributed by atoms with van der Waals surface area (Å²) in [6.45, 7) is 5.63. The zero-order chi connectivity index (χ0) is 24.9. The quantitative estimate of drug-likeness (QED) is 0.507. The summed E-state index contributed by atoms with van der Waals surface area (Å²) in [6, 6.07) is 19.7. The van der Waals surface area contributed by atoms with Crippen molar-refractivity contribution in [2.75, 3.05) is 23.7 Å². The van der Waals surface area contributed by atoms with Gasteiger partial charge in [-0.1, -0.05) is 66.2 Å². The first-order valence-electron chi connectivity index (χ1n) is 11.2. The molecule has 180 valence electrons. The summed E-state index contributed by atoms with van der Waals surface area (Å²) in [5.41, 5.74) is 2.36. The van der Waals surface area contributed by atoms with E-state index in [4.69, 9.17) is 0 Å². The zero-order valence-corrected chi connectivity index (χ0v) is 20.8. The van der Waals surface area contributed by atoms with Gasteiger partial charge in [0, 0.05) is 18.5 Å². The number of aryl methyl sites for hydroxylation is 1. The van der Waals surface area contributed by atoms with Crippen molar-refractivity contribution < 1.29 is 18.0 Å². The number of anilines is 1. The molecule has 0 aliphatic heterocycles. The molecule has 0 fully saturated rings. The zero-order valence-electron chi connectivity index (χ0n) is 20.0. The van der Waals surface area contributed by atoms with Gasteiger partial charge >= 0.3 is 0 Å². The van der Waals surface area contributed by atoms with Gasteiger partial charge in [-0.05, 0) is 37.8 Å². The lowest BCUT2D eigenvalue weighted by Gasteiger charge is -2.31. The van der Waals surface area contributed by atoms with Crippen LogP contribution in [0.2, 0.25) is 0 Å². The maximum Gasteiger partial charge on any atom is 0.244 e. The third-order valence-corrected chi connectivity index (χ3v) is 6.83. The first-order chi connectivity index (χ1) is 16.1. The van der Waals surface area contributed by atoms with Crippen molar-refractivity contribution in [3.05, 3.63) is 77.9 Å². The molecule has 34 heavy (non-hydrogen) atoms. The number of hydrogen-bond acceptors (Lipinski definition) is 4. The molecule has 0 aliphatic carbocycles. The van der Waals surface area contributed by atoms with Gasteiger partial charge in [0.2, 0.25) is 21.8 Å². The van der Waals surface area contributed by atoms with E-state index in [1.54, 1.807) is 19.1 Å². The Bertz CT molecular complexity index is 1270. The van der Waals surface area contributed by atoms with Crippen molar-refractivity contribution in [2.24, 2.45) is 0 Å². The van der Waals surface area contributed by atoms with E-state index < -0.39 is 28.5 Å². The van der Waals surface area contributed by atoms with Gasteiger partial charge in [-0.2, -0.15) is 0 Å². The maximum absolute atomic E-state index is 13.6. The molecule has 0 unspecified atom stereocenters. The molecule has 0 aliphatic rings. The Labute approximate surface area is 201 Å². The maximum atomic E-state index is 13.6. The van der Waals surface area contributed by atoms with Gasteiger partial charge in [0.25, 0.3) is 0 Å². The summed E-state index contributed by atoms with van der Waals surface area (Å²) in [5, 5.41) is 4.35. The molecule has 0 aromatic heterocycles. The number of sulfonamides is 1. The summed E-state index contributed by atoms with van der Waals surface area (Å²) in [7, 11) is -3.79. The summed E-state index contributed by atoms with van der Waals surface area (Å²) in [6.07, 6.45) is 1.08. The summed E-state index contributed by atoms with van der Waals surface area (Å²) in [5.74, 6) is -0.753. The third-order valence-electron chi connectivity index (χ3n) is 5.71. The second-order valence-corrected chi connectivity index (χ2v) is 10.3. The van der Waals surface area contributed by atoms with Crippen LogP contribution in [0, 0.1) is 6.92 Å². The minimum Gasteiger partial charge on any atom is -0.355 e. The van der Waals surface area contributed by atoms with Gasteiger partial charge in [-0.25, -0.2) is 8.42 Å². The van der Waals surface area contributed by atoms with E-state index in [1.807, 2.05) is 68.4 Å². The average molecular weight is 482 g/mol. The van der Waals surface area contributed by atoms with Crippen LogP contribution in [0.4, 0.5) is 5.69 Å². The van der Waals surface area contributed by atoms with Crippen LogP contribution in [-0.4, -0.2) is 50.5 Å². The SMILES string of the molecule is CCNC(=O)[C@@H](C)N(Cc1ccc(C)cc1)C(=O)CN(c1cccc2ccccc12)S(C)(=O)=O. The first-order valence-corrected chi connectivity index (χ1v) is 13.0. The Balaban J connectivity index is 1.98. The molecule has 0 saturated heterocycles. The Morgan fingerprint density at radius 2 is 1.62 bits per heavy atom. The van der Waals surface area contributed by atoms with Crippen molar-refractivity contribution in [1.29, 1.82) is 0 Å². The Morgan fingerprint density at radius 3 is 2.26 bits per heavy atom. The smallest absolute Gasteiger partial charge is 0.244 e. The van der Waals surface area contributed by atoms with Crippen LogP contribution < -0.4 is 9.62 Å². The van der Waals surface area contributed by atoms with Crippen molar-refractivity contribution >= 4 is 38.3 Å². The van der Waals surface area contributed by atoms with Gasteiger partial charge in [0.15, 0.2) is 0 Å². The highest BCUT2D eigenvalue weighted by Gasteiger charge is 2.30. The van der Waals surface area contributed by atoms with E-state index in [0.717, 1.165) is 32.5 Å². The van der Waals surface area contributed by atoms with Gasteiger partial charge in [-0.3, -0.25) is 13.9 Å². The molecule has 7 nitrogen and oxygen atoms in total. The summed E-state index contributed by atoms with van der Waals surface area (Å²) >= 11 is 0. The molecule has 0 spiro atoms. The number of benzene rings is 3. The Hall–Kier alpha value is -3.39. The highest BCUT2D eigenvalue weighted by atomic mass is 32.2. The molecule has 3 aromatic rings. The molecular weight excluding hydrogens is 450 g/mol. The monoisotopic (exact) mass is 481 g/mol. The largest absolute Gasteiger partial charge is 0.355 e. The fraction of sp³-hybridized carbons (Fsp3) is 0.308.